The van der Waals surface area contributed by atoms with E-state index >= 15 is 0 Å². The number of carbonyl (C=O) groups is 1. The molecule has 1 saturated heterocycles. The largest absolute Gasteiger partial charge is 0.467 e. The summed E-state index contributed by atoms with van der Waals surface area (Å²) in [5, 5.41) is 0. The third-order valence-electron chi connectivity index (χ3n) is 4.57. The van der Waals surface area contributed by atoms with E-state index in [1.165, 1.54) is 52.1 Å². The zero-order valence-electron chi connectivity index (χ0n) is 15.6. The highest BCUT2D eigenvalue weighted by atomic mass is 16.6. The number of benzene rings is 1. The number of hydrogen-bond acceptors (Lipinski definition) is 3. The predicted octanol–water partition coefficient (Wildman–Crippen LogP) is 5.18. The average Bonchev–Trinajstić information content (AvgIpc) is 3.43. The Balaban J connectivity index is 1.71. The van der Waals surface area contributed by atoms with Crippen LogP contribution >= 0.6 is 0 Å². The maximum atomic E-state index is 11.5. The minimum absolute atomic E-state index is 0.207. The first kappa shape index (κ1) is 19.5. The number of ether oxygens (including phenoxy) is 2. The fraction of sp³-hybridized carbons (Fsp3) is 0.591. The van der Waals surface area contributed by atoms with Gasteiger partial charge in [0.05, 0.1) is 7.11 Å². The molecule has 0 aliphatic carbocycles. The van der Waals surface area contributed by atoms with Crippen LogP contribution < -0.4 is 0 Å². The van der Waals surface area contributed by atoms with Gasteiger partial charge in [-0.3, -0.25) is 0 Å². The molecule has 2 rings (SSSR count). The van der Waals surface area contributed by atoms with Gasteiger partial charge in [-0.05, 0) is 18.1 Å². The molecule has 2 atom stereocenters. The molecule has 1 aromatic carbocycles. The number of rotatable bonds is 10. The normalized spacial score (nSPS) is 18.3. The van der Waals surface area contributed by atoms with Crippen molar-refractivity contribution >= 4 is 5.97 Å². The Morgan fingerprint density at radius 3 is 2.48 bits per heavy atom. The van der Waals surface area contributed by atoms with Crippen molar-refractivity contribution in [1.29, 1.82) is 0 Å². The summed E-state index contributed by atoms with van der Waals surface area (Å²) in [4.78, 5) is 11.5. The molecule has 3 heteroatoms. The van der Waals surface area contributed by atoms with Crippen LogP contribution in [0, 0.1) is 11.8 Å². The van der Waals surface area contributed by atoms with E-state index in [9.17, 15) is 4.79 Å². The SMILES string of the molecule is CCCCCCCCCCC#Cc1ccccc1[C@@H]1O[C@H]1C(=O)OC. The van der Waals surface area contributed by atoms with Crippen LogP contribution in [0.25, 0.3) is 0 Å². The monoisotopic (exact) mass is 342 g/mol. The van der Waals surface area contributed by atoms with Gasteiger partial charge in [0.15, 0.2) is 6.10 Å². The third-order valence-corrected chi connectivity index (χ3v) is 4.57. The van der Waals surface area contributed by atoms with Crippen molar-refractivity contribution in [3.05, 3.63) is 35.4 Å². The van der Waals surface area contributed by atoms with Gasteiger partial charge in [-0.15, -0.1) is 0 Å². The second-order valence-corrected chi connectivity index (χ2v) is 6.61. The van der Waals surface area contributed by atoms with E-state index in [1.54, 1.807) is 0 Å². The Morgan fingerprint density at radius 1 is 1.08 bits per heavy atom. The fourth-order valence-electron chi connectivity index (χ4n) is 3.01. The summed E-state index contributed by atoms with van der Waals surface area (Å²) >= 11 is 0. The van der Waals surface area contributed by atoms with E-state index in [4.69, 9.17) is 9.47 Å². The molecule has 1 fully saturated rings. The Labute approximate surface area is 152 Å². The molecule has 0 aromatic heterocycles. The summed E-state index contributed by atoms with van der Waals surface area (Å²) in [6.07, 6.45) is 10.8. The van der Waals surface area contributed by atoms with Gasteiger partial charge in [-0.25, -0.2) is 4.79 Å². The first-order valence-electron chi connectivity index (χ1n) is 9.59. The highest BCUT2D eigenvalue weighted by molar-refractivity contribution is 5.78. The minimum atomic E-state index is -0.472. The molecule has 1 heterocycles. The predicted molar refractivity (Wildman–Crippen MR) is 100 cm³/mol. The number of carbonyl (C=O) groups excluding carboxylic acids is 1. The van der Waals surface area contributed by atoms with Gasteiger partial charge in [0, 0.05) is 12.0 Å². The van der Waals surface area contributed by atoms with Crippen LogP contribution in [0.3, 0.4) is 0 Å². The van der Waals surface area contributed by atoms with Crippen LogP contribution in [0.4, 0.5) is 0 Å². The molecule has 1 aromatic rings. The van der Waals surface area contributed by atoms with Crippen molar-refractivity contribution in [2.75, 3.05) is 7.11 Å². The van der Waals surface area contributed by atoms with Gasteiger partial charge in [0.25, 0.3) is 0 Å². The molecule has 25 heavy (non-hydrogen) atoms. The van der Waals surface area contributed by atoms with E-state index in [1.807, 2.05) is 24.3 Å². The maximum Gasteiger partial charge on any atom is 0.338 e. The maximum absolute atomic E-state index is 11.5. The van der Waals surface area contributed by atoms with Crippen molar-refractivity contribution in [3.8, 4) is 11.8 Å². The second-order valence-electron chi connectivity index (χ2n) is 6.61. The van der Waals surface area contributed by atoms with Crippen molar-refractivity contribution in [1.82, 2.24) is 0 Å². The molecule has 0 amide bonds. The highest BCUT2D eigenvalue weighted by Gasteiger charge is 2.47. The van der Waals surface area contributed by atoms with E-state index in [-0.39, 0.29) is 12.1 Å². The summed E-state index contributed by atoms with van der Waals surface area (Å²) in [5.74, 6) is 6.21. The fourth-order valence-corrected chi connectivity index (χ4v) is 3.01. The molecular weight excluding hydrogens is 312 g/mol. The van der Waals surface area contributed by atoms with E-state index in [2.05, 4.69) is 18.8 Å². The molecule has 0 unspecified atom stereocenters. The first-order valence-corrected chi connectivity index (χ1v) is 9.59. The molecule has 1 aliphatic heterocycles. The van der Waals surface area contributed by atoms with Gasteiger partial charge in [-0.1, -0.05) is 81.9 Å². The van der Waals surface area contributed by atoms with Crippen molar-refractivity contribution in [2.45, 2.75) is 76.9 Å². The third kappa shape index (κ3) is 6.55. The zero-order valence-corrected chi connectivity index (χ0v) is 15.6. The minimum Gasteiger partial charge on any atom is -0.467 e. The molecular formula is C22H30O3. The molecule has 0 saturated carbocycles. The lowest BCUT2D eigenvalue weighted by Gasteiger charge is -2.01. The Hall–Kier alpha value is -1.79. The number of esters is 1. The zero-order chi connectivity index (χ0) is 17.9. The molecule has 136 valence electrons. The Morgan fingerprint density at radius 2 is 1.76 bits per heavy atom. The number of methoxy groups -OCH3 is 1. The lowest BCUT2D eigenvalue weighted by Crippen LogP contribution is -2.09. The van der Waals surface area contributed by atoms with Gasteiger partial charge in [0.1, 0.15) is 6.10 Å². The first-order chi connectivity index (χ1) is 12.3. The van der Waals surface area contributed by atoms with Gasteiger partial charge >= 0.3 is 5.97 Å². The van der Waals surface area contributed by atoms with Crippen LogP contribution in [0.5, 0.6) is 0 Å². The van der Waals surface area contributed by atoms with Crippen LogP contribution in [0.2, 0.25) is 0 Å². The summed E-state index contributed by atoms with van der Waals surface area (Å²) in [6.45, 7) is 2.25. The standard InChI is InChI=1S/C22H30O3/c1-3-4-5-6-7-8-9-10-11-12-15-18-16-13-14-17-19(18)20-21(25-20)22(23)24-2/h13-14,16-17,20-21H,3-11H2,1-2H3/t20-,21+/m0/s1. The van der Waals surface area contributed by atoms with Gasteiger partial charge in [-0.2, -0.15) is 0 Å². The number of epoxide rings is 1. The van der Waals surface area contributed by atoms with Crippen LogP contribution in [-0.2, 0) is 14.3 Å². The number of unbranched alkanes of at least 4 members (excludes halogenated alkanes) is 8. The summed E-state index contributed by atoms with van der Waals surface area (Å²) < 4.78 is 10.2. The van der Waals surface area contributed by atoms with E-state index < -0.39 is 6.10 Å². The van der Waals surface area contributed by atoms with Gasteiger partial charge in [0.2, 0.25) is 0 Å². The highest BCUT2D eigenvalue weighted by Crippen LogP contribution is 2.40. The lowest BCUT2D eigenvalue weighted by atomic mass is 10.0. The van der Waals surface area contributed by atoms with Crippen LogP contribution in [0.15, 0.2) is 24.3 Å². The second kappa shape index (κ2) is 10.9. The van der Waals surface area contributed by atoms with Crippen LogP contribution in [0.1, 0.15) is 81.9 Å². The molecule has 0 N–H and O–H groups in total. The Kier molecular flexibility index (Phi) is 8.55. The lowest BCUT2D eigenvalue weighted by molar-refractivity contribution is -0.142. The Bertz CT molecular complexity index is 597. The summed E-state index contributed by atoms with van der Waals surface area (Å²) in [5.41, 5.74) is 1.94. The van der Waals surface area contributed by atoms with Crippen molar-refractivity contribution in [2.24, 2.45) is 0 Å². The summed E-state index contributed by atoms with van der Waals surface area (Å²) in [6, 6.07) is 7.90. The molecule has 0 radical (unpaired) electrons. The van der Waals surface area contributed by atoms with Crippen LogP contribution in [-0.4, -0.2) is 19.2 Å². The smallest absolute Gasteiger partial charge is 0.338 e. The average molecular weight is 342 g/mol. The quantitative estimate of drug-likeness (QED) is 0.254. The van der Waals surface area contributed by atoms with E-state index in [0.717, 1.165) is 24.0 Å². The van der Waals surface area contributed by atoms with Gasteiger partial charge < -0.3 is 9.47 Å². The topological polar surface area (TPSA) is 38.8 Å². The summed E-state index contributed by atoms with van der Waals surface area (Å²) in [7, 11) is 1.39. The molecule has 3 nitrogen and oxygen atoms in total. The molecule has 0 spiro atoms. The van der Waals surface area contributed by atoms with Crippen molar-refractivity contribution in [3.63, 3.8) is 0 Å². The molecule has 0 bridgehead atoms. The van der Waals surface area contributed by atoms with E-state index in [0.29, 0.717) is 0 Å². The number of hydrogen-bond donors (Lipinski definition) is 0. The molecule has 1 aliphatic rings. The van der Waals surface area contributed by atoms with Crippen molar-refractivity contribution < 1.29 is 14.3 Å².